The number of halogens is 4. The number of aliphatic imine (C=N–C) groups is 1. The Morgan fingerprint density at radius 2 is 2.12 bits per heavy atom. The van der Waals surface area contributed by atoms with Crippen molar-refractivity contribution in [3.63, 3.8) is 0 Å². The van der Waals surface area contributed by atoms with E-state index >= 15 is 0 Å². The smallest absolute Gasteiger partial charge is 0.335 e. The van der Waals surface area contributed by atoms with Crippen LogP contribution in [-0.4, -0.2) is 23.3 Å². The minimum absolute atomic E-state index is 0.0186. The van der Waals surface area contributed by atoms with Gasteiger partial charge in [0.15, 0.2) is 6.29 Å². The lowest BCUT2D eigenvalue weighted by Crippen LogP contribution is -2.46. The van der Waals surface area contributed by atoms with Crippen LogP contribution < -0.4 is 5.32 Å². The van der Waals surface area contributed by atoms with Crippen molar-refractivity contribution in [1.29, 1.82) is 0 Å². The van der Waals surface area contributed by atoms with Crippen LogP contribution in [0, 0.1) is 5.92 Å². The third-order valence-corrected chi connectivity index (χ3v) is 4.31. The second-order valence-electron chi connectivity index (χ2n) is 5.74. The van der Waals surface area contributed by atoms with Gasteiger partial charge < -0.3 is 10.2 Å². The van der Waals surface area contributed by atoms with Gasteiger partial charge in [0.25, 0.3) is 0 Å². The van der Waals surface area contributed by atoms with Gasteiger partial charge in [0.1, 0.15) is 0 Å². The van der Waals surface area contributed by atoms with Crippen LogP contribution in [0.4, 0.5) is 13.2 Å². The Balaban J connectivity index is 1.77. The van der Waals surface area contributed by atoms with Gasteiger partial charge in [0.2, 0.25) is 5.91 Å². The molecular weight excluding hydrogens is 343 g/mol. The van der Waals surface area contributed by atoms with Crippen molar-refractivity contribution < 1.29 is 18.0 Å². The van der Waals surface area contributed by atoms with Gasteiger partial charge in [-0.25, -0.2) is 4.99 Å². The number of alkyl halides is 3. The van der Waals surface area contributed by atoms with Crippen LogP contribution in [0.5, 0.6) is 0 Å². The highest BCUT2D eigenvalue weighted by Crippen LogP contribution is 2.36. The molecule has 0 spiro atoms. The number of benzene rings is 1. The van der Waals surface area contributed by atoms with E-state index in [0.29, 0.717) is 5.56 Å². The molecule has 1 amide bonds. The summed E-state index contributed by atoms with van der Waals surface area (Å²) < 4.78 is 38.9. The van der Waals surface area contributed by atoms with E-state index in [0.717, 1.165) is 18.9 Å². The highest BCUT2D eigenvalue weighted by molar-refractivity contribution is 6.32. The maximum atomic E-state index is 13.0. The van der Waals surface area contributed by atoms with Gasteiger partial charge in [0.05, 0.1) is 10.6 Å². The second-order valence-corrected chi connectivity index (χ2v) is 6.12. The molecule has 1 aromatic rings. The summed E-state index contributed by atoms with van der Waals surface area (Å²) in [6, 6.07) is 3.80. The van der Waals surface area contributed by atoms with Crippen molar-refractivity contribution in [3.05, 3.63) is 46.6 Å². The first-order valence-corrected chi connectivity index (χ1v) is 7.85. The molecule has 24 heavy (non-hydrogen) atoms. The summed E-state index contributed by atoms with van der Waals surface area (Å²) >= 11 is 5.93. The number of hydrogen-bond donors (Lipinski definition) is 1. The van der Waals surface area contributed by atoms with Crippen LogP contribution >= 0.6 is 11.6 Å². The predicted octanol–water partition coefficient (Wildman–Crippen LogP) is 3.57. The summed E-state index contributed by atoms with van der Waals surface area (Å²) in [5, 5.41) is 2.45. The highest BCUT2D eigenvalue weighted by atomic mass is 35.5. The minimum Gasteiger partial charge on any atom is -0.335 e. The summed E-state index contributed by atoms with van der Waals surface area (Å²) in [5.74, 6) is -0.0716. The predicted molar refractivity (Wildman–Crippen MR) is 84.3 cm³/mol. The third kappa shape index (κ3) is 3.72. The summed E-state index contributed by atoms with van der Waals surface area (Å²) in [5.41, 5.74) is -0.552. The van der Waals surface area contributed by atoms with Gasteiger partial charge in [0, 0.05) is 24.9 Å². The first-order chi connectivity index (χ1) is 11.4. The van der Waals surface area contributed by atoms with Crippen LogP contribution in [0.15, 0.2) is 35.5 Å². The summed E-state index contributed by atoms with van der Waals surface area (Å²) in [6.07, 6.45) is 1.43. The summed E-state index contributed by atoms with van der Waals surface area (Å²) in [6.45, 7) is 0.103. The van der Waals surface area contributed by atoms with E-state index in [2.05, 4.69) is 10.3 Å². The number of allylic oxidation sites excluding steroid dienone is 1. The molecule has 1 aromatic carbocycles. The molecule has 1 atom stereocenters. The third-order valence-electron chi connectivity index (χ3n) is 3.86. The number of rotatable bonds is 4. The molecule has 4 nitrogen and oxygen atoms in total. The van der Waals surface area contributed by atoms with Crippen molar-refractivity contribution in [1.82, 2.24) is 10.2 Å². The fourth-order valence-corrected chi connectivity index (χ4v) is 2.71. The van der Waals surface area contributed by atoms with Gasteiger partial charge in [-0.05, 0) is 30.5 Å². The van der Waals surface area contributed by atoms with E-state index < -0.39 is 18.0 Å². The van der Waals surface area contributed by atoms with Crippen molar-refractivity contribution in [2.24, 2.45) is 10.9 Å². The van der Waals surface area contributed by atoms with E-state index in [4.69, 9.17) is 11.6 Å². The van der Waals surface area contributed by atoms with Crippen molar-refractivity contribution in [2.45, 2.75) is 31.9 Å². The Kier molecular flexibility index (Phi) is 4.54. The van der Waals surface area contributed by atoms with Crippen LogP contribution in [0.1, 0.15) is 24.0 Å². The van der Waals surface area contributed by atoms with Crippen LogP contribution in [0.25, 0.3) is 0 Å². The Labute approximate surface area is 142 Å². The molecule has 1 heterocycles. The maximum Gasteiger partial charge on any atom is 0.417 e. The molecule has 2 aliphatic rings. The molecule has 3 rings (SSSR count). The minimum atomic E-state index is -4.51. The zero-order chi connectivity index (χ0) is 17.3. The molecule has 0 radical (unpaired) electrons. The number of nitrogens with zero attached hydrogens (tertiary/aromatic N) is 2. The zero-order valence-electron chi connectivity index (χ0n) is 12.6. The van der Waals surface area contributed by atoms with E-state index in [1.165, 1.54) is 12.1 Å². The van der Waals surface area contributed by atoms with Crippen molar-refractivity contribution >= 4 is 23.7 Å². The summed E-state index contributed by atoms with van der Waals surface area (Å²) in [7, 11) is 0. The van der Waals surface area contributed by atoms with Gasteiger partial charge in [-0.3, -0.25) is 4.79 Å². The first-order valence-electron chi connectivity index (χ1n) is 7.47. The molecule has 1 fully saturated rings. The molecule has 1 aliphatic carbocycles. The largest absolute Gasteiger partial charge is 0.417 e. The molecule has 1 saturated carbocycles. The van der Waals surface area contributed by atoms with Crippen molar-refractivity contribution in [2.75, 3.05) is 0 Å². The number of carbonyl (C=O) groups excluding carboxylic acids is 1. The SMILES string of the molecule is O=C(NC1N=CC=CN1Cc1cccc(C(F)(F)F)c1Cl)C1CC1. The van der Waals surface area contributed by atoms with E-state index in [-0.39, 0.29) is 23.4 Å². The second kappa shape index (κ2) is 6.47. The van der Waals surface area contributed by atoms with Gasteiger partial charge in [-0.2, -0.15) is 13.2 Å². The Morgan fingerprint density at radius 3 is 2.79 bits per heavy atom. The molecule has 1 N–H and O–H groups in total. The van der Waals surface area contributed by atoms with Gasteiger partial charge in [-0.1, -0.05) is 23.7 Å². The lowest BCUT2D eigenvalue weighted by atomic mass is 10.1. The number of carbonyl (C=O) groups is 1. The molecule has 0 saturated heterocycles. The Bertz CT molecular complexity index is 698. The van der Waals surface area contributed by atoms with Gasteiger partial charge in [-0.15, -0.1) is 0 Å². The maximum absolute atomic E-state index is 13.0. The van der Waals surface area contributed by atoms with E-state index in [9.17, 15) is 18.0 Å². The quantitative estimate of drug-likeness (QED) is 0.895. The molecule has 1 aliphatic heterocycles. The zero-order valence-corrected chi connectivity index (χ0v) is 13.3. The fourth-order valence-electron chi connectivity index (χ4n) is 2.41. The fraction of sp³-hybridized carbons (Fsp3) is 0.375. The molecule has 0 bridgehead atoms. The molecule has 8 heteroatoms. The molecule has 0 aromatic heterocycles. The lowest BCUT2D eigenvalue weighted by Gasteiger charge is -2.30. The highest BCUT2D eigenvalue weighted by Gasteiger charge is 2.35. The Hall–Kier alpha value is -2.02. The standard InChI is InChI=1S/C16H15ClF3N3O/c17-13-11(3-1-4-12(13)16(18,19)20)9-23-8-2-7-21-15(23)22-14(24)10-5-6-10/h1-4,7-8,10,15H,5-6,9H2,(H,22,24). The Morgan fingerprint density at radius 1 is 1.38 bits per heavy atom. The average Bonchev–Trinajstić information content (AvgIpc) is 3.35. The number of amides is 1. The monoisotopic (exact) mass is 357 g/mol. The average molecular weight is 358 g/mol. The van der Waals surface area contributed by atoms with Crippen molar-refractivity contribution in [3.8, 4) is 0 Å². The van der Waals surface area contributed by atoms with Crippen LogP contribution in [0.2, 0.25) is 5.02 Å². The van der Waals surface area contributed by atoms with E-state index in [1.54, 1.807) is 23.4 Å². The first kappa shape index (κ1) is 16.8. The van der Waals surface area contributed by atoms with Gasteiger partial charge >= 0.3 is 6.18 Å². The normalized spacial score (nSPS) is 20.3. The topological polar surface area (TPSA) is 44.7 Å². The summed E-state index contributed by atoms with van der Waals surface area (Å²) in [4.78, 5) is 17.7. The number of hydrogen-bond acceptors (Lipinski definition) is 3. The number of nitrogens with one attached hydrogen (secondary N) is 1. The van der Waals surface area contributed by atoms with Crippen LogP contribution in [-0.2, 0) is 17.5 Å². The van der Waals surface area contributed by atoms with E-state index in [1.807, 2.05) is 0 Å². The molecular formula is C16H15ClF3N3O. The van der Waals surface area contributed by atoms with Crippen LogP contribution in [0.3, 0.4) is 0 Å². The molecule has 128 valence electrons. The lowest BCUT2D eigenvalue weighted by molar-refractivity contribution is -0.137. The molecule has 1 unspecified atom stereocenters.